The highest BCUT2D eigenvalue weighted by Crippen LogP contribution is 2.37. The lowest BCUT2D eigenvalue weighted by Gasteiger charge is -2.23. The lowest BCUT2D eigenvalue weighted by Crippen LogP contribution is -2.34. The number of rotatable bonds is 5. The Hall–Kier alpha value is -3.10. The third-order valence-electron chi connectivity index (χ3n) is 4.42. The summed E-state index contributed by atoms with van der Waals surface area (Å²) in [6, 6.07) is 12.4. The van der Waals surface area contributed by atoms with E-state index in [1.54, 1.807) is 37.3 Å². The number of carbonyl (C=O) groups is 2. The molecule has 1 unspecified atom stereocenters. The molecule has 1 atom stereocenters. The zero-order valence-electron chi connectivity index (χ0n) is 16.2. The second kappa shape index (κ2) is 8.33. The smallest absolute Gasteiger partial charge is 0.265 e. The number of anilines is 2. The van der Waals surface area contributed by atoms with E-state index in [9.17, 15) is 9.59 Å². The molecule has 0 saturated carbocycles. The van der Waals surface area contributed by atoms with Crippen LogP contribution in [0.25, 0.3) is 11.3 Å². The summed E-state index contributed by atoms with van der Waals surface area (Å²) in [4.78, 5) is 29.6. The van der Waals surface area contributed by atoms with Gasteiger partial charge in [-0.3, -0.25) is 14.9 Å². The molecule has 30 heavy (non-hydrogen) atoms. The molecule has 154 valence electrons. The number of thiazole rings is 1. The molecule has 7 nitrogen and oxygen atoms in total. The summed E-state index contributed by atoms with van der Waals surface area (Å²) in [7, 11) is 0. The molecule has 0 saturated heterocycles. The van der Waals surface area contributed by atoms with E-state index in [0.29, 0.717) is 27.3 Å². The predicted molar refractivity (Wildman–Crippen MR) is 117 cm³/mol. The molecule has 2 N–H and O–H groups in total. The number of nitrogens with zero attached hydrogens (tertiary/aromatic N) is 1. The van der Waals surface area contributed by atoms with E-state index in [1.165, 1.54) is 11.3 Å². The van der Waals surface area contributed by atoms with Gasteiger partial charge in [-0.05, 0) is 44.2 Å². The van der Waals surface area contributed by atoms with Crippen LogP contribution in [-0.2, 0) is 9.59 Å². The number of aromatic nitrogens is 1. The quantitative estimate of drug-likeness (QED) is 0.605. The highest BCUT2D eigenvalue weighted by atomic mass is 35.5. The number of aryl methyl sites for hydroxylation is 1. The standard InChI is InChI=1S/C21H18ClN3O4S/c1-11-20(27)23-15-9-13(7-8-17(15)29-11)19-12(2)30-21(25-19)24-18(26)10-28-16-6-4-3-5-14(16)22/h3-9,11H,10H2,1-2H3,(H,23,27)(H,24,25,26). The molecular weight excluding hydrogens is 426 g/mol. The minimum Gasteiger partial charge on any atom is -0.482 e. The fraction of sp³-hybridized carbons (Fsp3) is 0.190. The number of nitrogens with one attached hydrogen (secondary N) is 2. The van der Waals surface area contributed by atoms with E-state index >= 15 is 0 Å². The van der Waals surface area contributed by atoms with Gasteiger partial charge >= 0.3 is 0 Å². The van der Waals surface area contributed by atoms with Crippen molar-refractivity contribution in [1.29, 1.82) is 0 Å². The fourth-order valence-electron chi connectivity index (χ4n) is 2.93. The number of ether oxygens (including phenoxy) is 2. The first kappa shape index (κ1) is 20.2. The zero-order chi connectivity index (χ0) is 21.3. The Labute approximate surface area is 182 Å². The molecule has 0 fully saturated rings. The molecule has 2 aromatic carbocycles. The molecule has 9 heteroatoms. The first-order chi connectivity index (χ1) is 14.4. The molecule has 1 aliphatic rings. The van der Waals surface area contributed by atoms with Gasteiger partial charge in [0.25, 0.3) is 11.8 Å². The number of carbonyl (C=O) groups excluding carboxylic acids is 2. The Bertz CT molecular complexity index is 1130. The van der Waals surface area contributed by atoms with Crippen LogP contribution >= 0.6 is 22.9 Å². The maximum atomic E-state index is 12.2. The van der Waals surface area contributed by atoms with Gasteiger partial charge in [0.05, 0.1) is 16.4 Å². The molecule has 3 aromatic rings. The number of hydrogen-bond acceptors (Lipinski definition) is 6. The number of hydrogen-bond donors (Lipinski definition) is 2. The van der Waals surface area contributed by atoms with Crippen molar-refractivity contribution in [1.82, 2.24) is 4.98 Å². The van der Waals surface area contributed by atoms with Gasteiger partial charge in [-0.2, -0.15) is 0 Å². The summed E-state index contributed by atoms with van der Waals surface area (Å²) in [5.41, 5.74) is 2.13. The number of halogens is 1. The third-order valence-corrected chi connectivity index (χ3v) is 5.62. The Morgan fingerprint density at radius 3 is 2.93 bits per heavy atom. The van der Waals surface area contributed by atoms with Crippen molar-refractivity contribution in [3.63, 3.8) is 0 Å². The Balaban J connectivity index is 1.46. The molecular formula is C21H18ClN3O4S. The van der Waals surface area contributed by atoms with Crippen molar-refractivity contribution >= 4 is 45.6 Å². The topological polar surface area (TPSA) is 89.5 Å². The van der Waals surface area contributed by atoms with Crippen LogP contribution in [0, 0.1) is 6.92 Å². The molecule has 1 aliphatic heterocycles. The van der Waals surface area contributed by atoms with Gasteiger partial charge in [-0.25, -0.2) is 4.98 Å². The minimum atomic E-state index is -0.529. The number of fused-ring (bicyclic) bond motifs is 1. The van der Waals surface area contributed by atoms with E-state index in [1.807, 2.05) is 19.1 Å². The number of amides is 2. The van der Waals surface area contributed by atoms with Crippen molar-refractivity contribution in [2.75, 3.05) is 17.2 Å². The summed E-state index contributed by atoms with van der Waals surface area (Å²) < 4.78 is 11.0. The monoisotopic (exact) mass is 443 g/mol. The molecule has 0 aliphatic carbocycles. The van der Waals surface area contributed by atoms with Gasteiger partial charge in [0.2, 0.25) is 0 Å². The van der Waals surface area contributed by atoms with Crippen molar-refractivity contribution in [3.05, 3.63) is 52.4 Å². The zero-order valence-corrected chi connectivity index (χ0v) is 17.8. The largest absolute Gasteiger partial charge is 0.482 e. The van der Waals surface area contributed by atoms with Crippen LogP contribution in [-0.4, -0.2) is 29.5 Å². The molecule has 2 heterocycles. The Kier molecular flexibility index (Phi) is 5.61. The number of benzene rings is 2. The van der Waals surface area contributed by atoms with Gasteiger partial charge < -0.3 is 14.8 Å². The maximum Gasteiger partial charge on any atom is 0.265 e. The normalized spacial score (nSPS) is 15.0. The highest BCUT2D eigenvalue weighted by molar-refractivity contribution is 7.16. The Morgan fingerprint density at radius 1 is 1.33 bits per heavy atom. The fourth-order valence-corrected chi connectivity index (χ4v) is 3.98. The van der Waals surface area contributed by atoms with E-state index in [2.05, 4.69) is 15.6 Å². The first-order valence-electron chi connectivity index (χ1n) is 9.17. The molecule has 0 bridgehead atoms. The summed E-state index contributed by atoms with van der Waals surface area (Å²) in [6.07, 6.45) is -0.529. The molecule has 0 spiro atoms. The summed E-state index contributed by atoms with van der Waals surface area (Å²) in [5.74, 6) is 0.526. The second-order valence-corrected chi connectivity index (χ2v) is 8.26. The van der Waals surface area contributed by atoms with E-state index in [0.717, 1.165) is 16.1 Å². The van der Waals surface area contributed by atoms with Gasteiger partial charge in [0.1, 0.15) is 11.5 Å². The average Bonchev–Trinajstić information content (AvgIpc) is 3.08. The van der Waals surface area contributed by atoms with Gasteiger partial charge in [0, 0.05) is 10.4 Å². The van der Waals surface area contributed by atoms with E-state index in [-0.39, 0.29) is 18.4 Å². The lowest BCUT2D eigenvalue weighted by atomic mass is 10.1. The van der Waals surface area contributed by atoms with Gasteiger partial charge in [-0.15, -0.1) is 11.3 Å². The van der Waals surface area contributed by atoms with Crippen molar-refractivity contribution in [2.45, 2.75) is 20.0 Å². The van der Waals surface area contributed by atoms with Crippen molar-refractivity contribution in [2.24, 2.45) is 0 Å². The van der Waals surface area contributed by atoms with Gasteiger partial charge in [-0.1, -0.05) is 23.7 Å². The Morgan fingerprint density at radius 2 is 2.13 bits per heavy atom. The molecule has 4 rings (SSSR count). The van der Waals surface area contributed by atoms with Crippen LogP contribution in [0.5, 0.6) is 11.5 Å². The third kappa shape index (κ3) is 4.24. The van der Waals surface area contributed by atoms with Crippen LogP contribution in [0.15, 0.2) is 42.5 Å². The highest BCUT2D eigenvalue weighted by Gasteiger charge is 2.24. The SMILES string of the molecule is Cc1sc(NC(=O)COc2ccccc2Cl)nc1-c1ccc2c(c1)NC(=O)C(C)O2. The lowest BCUT2D eigenvalue weighted by molar-refractivity contribution is -0.122. The van der Waals surface area contributed by atoms with Crippen LogP contribution in [0.1, 0.15) is 11.8 Å². The van der Waals surface area contributed by atoms with Crippen LogP contribution in [0.4, 0.5) is 10.8 Å². The van der Waals surface area contributed by atoms with Crippen molar-refractivity contribution < 1.29 is 19.1 Å². The second-order valence-electron chi connectivity index (χ2n) is 6.65. The summed E-state index contributed by atoms with van der Waals surface area (Å²) in [5, 5.41) is 6.47. The van der Waals surface area contributed by atoms with Crippen LogP contribution in [0.2, 0.25) is 5.02 Å². The molecule has 2 amide bonds. The van der Waals surface area contributed by atoms with E-state index in [4.69, 9.17) is 21.1 Å². The van der Waals surface area contributed by atoms with Crippen LogP contribution < -0.4 is 20.1 Å². The summed E-state index contributed by atoms with van der Waals surface area (Å²) in [6.45, 7) is 3.43. The molecule has 0 radical (unpaired) electrons. The molecule has 1 aromatic heterocycles. The maximum absolute atomic E-state index is 12.2. The first-order valence-corrected chi connectivity index (χ1v) is 10.4. The van der Waals surface area contributed by atoms with Crippen LogP contribution in [0.3, 0.4) is 0 Å². The predicted octanol–water partition coefficient (Wildman–Crippen LogP) is 4.51. The average molecular weight is 444 g/mol. The summed E-state index contributed by atoms with van der Waals surface area (Å²) >= 11 is 7.38. The van der Waals surface area contributed by atoms with E-state index < -0.39 is 6.10 Å². The minimum absolute atomic E-state index is 0.182. The van der Waals surface area contributed by atoms with Gasteiger partial charge in [0.15, 0.2) is 17.8 Å². The van der Waals surface area contributed by atoms with Crippen molar-refractivity contribution in [3.8, 4) is 22.8 Å². The number of para-hydroxylation sites is 1.